The van der Waals surface area contributed by atoms with Gasteiger partial charge in [-0.1, -0.05) is 0 Å². The minimum Gasteiger partial charge on any atom is -0.319 e. The first-order chi connectivity index (χ1) is 10.7. The van der Waals surface area contributed by atoms with Crippen LogP contribution in [0.15, 0.2) is 23.1 Å². The van der Waals surface area contributed by atoms with Crippen LogP contribution >= 0.6 is 12.4 Å². The summed E-state index contributed by atoms with van der Waals surface area (Å²) in [6.07, 6.45) is -3.32. The van der Waals surface area contributed by atoms with Crippen LogP contribution in [-0.2, 0) is 16.2 Å². The predicted molar refractivity (Wildman–Crippen MR) is 84.1 cm³/mol. The number of benzene rings is 1. The lowest BCUT2D eigenvalue weighted by Crippen LogP contribution is -2.42. The molecular weight excluding hydrogens is 372 g/mol. The molecular formula is C14H19ClF4N2O2S. The standard InChI is InChI=1S/C14H18F4N2O2S.ClH/c1-19-8-10-3-2-6-20(9-10)23(21,22)11-4-5-12(13(15)7-11)14(16,17)18;/h4-5,7,10,19H,2-3,6,8-9H2,1H3;1H. The third-order valence-electron chi connectivity index (χ3n) is 3.86. The van der Waals surface area contributed by atoms with Crippen molar-refractivity contribution in [3.63, 3.8) is 0 Å². The lowest BCUT2D eigenvalue weighted by molar-refractivity contribution is -0.140. The number of nitrogens with zero attached hydrogens (tertiary/aromatic N) is 1. The van der Waals surface area contributed by atoms with Gasteiger partial charge in [0.25, 0.3) is 0 Å². The highest BCUT2D eigenvalue weighted by Gasteiger charge is 2.36. The monoisotopic (exact) mass is 390 g/mol. The van der Waals surface area contributed by atoms with Gasteiger partial charge in [0.2, 0.25) is 10.0 Å². The SMILES string of the molecule is CNCC1CCCN(S(=O)(=O)c2ccc(C(F)(F)F)c(F)c2)C1.Cl. The lowest BCUT2D eigenvalue weighted by Gasteiger charge is -2.31. The molecule has 0 saturated carbocycles. The normalized spacial score (nSPS) is 19.8. The van der Waals surface area contributed by atoms with Crippen molar-refractivity contribution in [1.29, 1.82) is 0 Å². The van der Waals surface area contributed by atoms with Crippen LogP contribution in [0.1, 0.15) is 18.4 Å². The molecule has 4 nitrogen and oxygen atoms in total. The zero-order valence-corrected chi connectivity index (χ0v) is 14.6. The largest absolute Gasteiger partial charge is 0.419 e. The molecule has 1 atom stereocenters. The molecule has 24 heavy (non-hydrogen) atoms. The van der Waals surface area contributed by atoms with Crippen molar-refractivity contribution in [1.82, 2.24) is 9.62 Å². The van der Waals surface area contributed by atoms with Crippen molar-refractivity contribution in [3.8, 4) is 0 Å². The van der Waals surface area contributed by atoms with Crippen molar-refractivity contribution < 1.29 is 26.0 Å². The van der Waals surface area contributed by atoms with Crippen LogP contribution in [-0.4, -0.2) is 39.4 Å². The predicted octanol–water partition coefficient (Wildman–Crippen LogP) is 2.89. The van der Waals surface area contributed by atoms with Gasteiger partial charge < -0.3 is 5.32 Å². The third kappa shape index (κ3) is 4.59. The maximum absolute atomic E-state index is 13.6. The quantitative estimate of drug-likeness (QED) is 0.804. The Hall–Kier alpha value is -0.900. The number of piperidine rings is 1. The second kappa shape index (κ2) is 7.99. The maximum atomic E-state index is 13.6. The molecule has 1 fully saturated rings. The minimum atomic E-state index is -4.85. The molecule has 1 unspecified atom stereocenters. The summed E-state index contributed by atoms with van der Waals surface area (Å²) < 4.78 is 77.5. The molecule has 1 aromatic rings. The Balaban J connectivity index is 0.00000288. The molecule has 1 heterocycles. The summed E-state index contributed by atoms with van der Waals surface area (Å²) in [5, 5.41) is 2.98. The second-order valence-electron chi connectivity index (χ2n) is 5.57. The first-order valence-corrected chi connectivity index (χ1v) is 8.61. The number of sulfonamides is 1. The fraction of sp³-hybridized carbons (Fsp3) is 0.571. The Kier molecular flexibility index (Phi) is 7.04. The van der Waals surface area contributed by atoms with Gasteiger partial charge in [-0.05, 0) is 50.6 Å². The Morgan fingerprint density at radius 2 is 2.00 bits per heavy atom. The van der Waals surface area contributed by atoms with Gasteiger partial charge in [-0.15, -0.1) is 12.4 Å². The summed E-state index contributed by atoms with van der Waals surface area (Å²) in [7, 11) is -2.24. The molecule has 1 aromatic carbocycles. The summed E-state index contributed by atoms with van der Waals surface area (Å²) >= 11 is 0. The fourth-order valence-electron chi connectivity index (χ4n) is 2.74. The van der Waals surface area contributed by atoms with Crippen LogP contribution in [0.5, 0.6) is 0 Å². The van der Waals surface area contributed by atoms with Gasteiger partial charge in [0.15, 0.2) is 0 Å². The van der Waals surface area contributed by atoms with E-state index >= 15 is 0 Å². The highest BCUT2D eigenvalue weighted by Crippen LogP contribution is 2.33. The first-order valence-electron chi connectivity index (χ1n) is 7.17. The van der Waals surface area contributed by atoms with Gasteiger partial charge in [0, 0.05) is 13.1 Å². The molecule has 1 aliphatic heterocycles. The number of halogens is 5. The minimum absolute atomic E-state index is 0. The summed E-state index contributed by atoms with van der Waals surface area (Å²) in [4.78, 5) is -0.451. The summed E-state index contributed by atoms with van der Waals surface area (Å²) in [6.45, 7) is 1.20. The van der Waals surface area contributed by atoms with E-state index < -0.39 is 32.5 Å². The van der Waals surface area contributed by atoms with Crippen LogP contribution in [0.4, 0.5) is 17.6 Å². The van der Waals surface area contributed by atoms with Gasteiger partial charge in [-0.2, -0.15) is 17.5 Å². The topological polar surface area (TPSA) is 49.4 Å². The molecule has 138 valence electrons. The zero-order chi connectivity index (χ0) is 17.3. The first kappa shape index (κ1) is 21.1. The molecule has 0 aliphatic carbocycles. The Morgan fingerprint density at radius 1 is 1.33 bits per heavy atom. The van der Waals surface area contributed by atoms with Crippen molar-refractivity contribution in [3.05, 3.63) is 29.6 Å². The molecule has 0 aromatic heterocycles. The van der Waals surface area contributed by atoms with Crippen LogP contribution in [0.25, 0.3) is 0 Å². The van der Waals surface area contributed by atoms with Crippen LogP contribution < -0.4 is 5.32 Å². The third-order valence-corrected chi connectivity index (χ3v) is 5.72. The zero-order valence-electron chi connectivity index (χ0n) is 12.9. The number of nitrogens with one attached hydrogen (secondary N) is 1. The molecule has 1 aliphatic rings. The summed E-state index contributed by atoms with van der Waals surface area (Å²) in [6, 6.07) is 1.72. The Labute approximate surface area is 144 Å². The summed E-state index contributed by atoms with van der Waals surface area (Å²) in [5.74, 6) is -1.45. The van der Waals surface area contributed by atoms with E-state index in [0.717, 1.165) is 12.5 Å². The molecule has 10 heteroatoms. The average Bonchev–Trinajstić information content (AvgIpc) is 2.46. The van der Waals surface area contributed by atoms with Crippen LogP contribution in [0.3, 0.4) is 0 Å². The Morgan fingerprint density at radius 3 is 2.54 bits per heavy atom. The van der Waals surface area contributed by atoms with Crippen LogP contribution in [0.2, 0.25) is 0 Å². The van der Waals surface area contributed by atoms with Gasteiger partial charge in [0.05, 0.1) is 10.5 Å². The van der Waals surface area contributed by atoms with Crippen molar-refractivity contribution in [2.45, 2.75) is 23.9 Å². The summed E-state index contributed by atoms with van der Waals surface area (Å²) in [5.41, 5.74) is -1.47. The van der Waals surface area contributed by atoms with E-state index in [2.05, 4.69) is 5.32 Å². The highest BCUT2D eigenvalue weighted by molar-refractivity contribution is 7.89. The van der Waals surface area contributed by atoms with Crippen molar-refractivity contribution in [2.24, 2.45) is 5.92 Å². The second-order valence-corrected chi connectivity index (χ2v) is 7.51. The number of hydrogen-bond acceptors (Lipinski definition) is 3. The highest BCUT2D eigenvalue weighted by atomic mass is 35.5. The van der Waals surface area contributed by atoms with E-state index in [0.29, 0.717) is 25.1 Å². The number of hydrogen-bond donors (Lipinski definition) is 1. The van der Waals surface area contributed by atoms with Gasteiger partial charge in [-0.3, -0.25) is 0 Å². The van der Waals surface area contributed by atoms with Crippen molar-refractivity contribution in [2.75, 3.05) is 26.7 Å². The van der Waals surface area contributed by atoms with E-state index in [1.54, 1.807) is 7.05 Å². The average molecular weight is 391 g/mol. The van der Waals surface area contributed by atoms with Crippen LogP contribution in [0, 0.1) is 11.7 Å². The lowest BCUT2D eigenvalue weighted by atomic mass is 10.00. The van der Waals surface area contributed by atoms with E-state index in [-0.39, 0.29) is 31.4 Å². The number of alkyl halides is 3. The molecule has 1 N–H and O–H groups in total. The van der Waals surface area contributed by atoms with Gasteiger partial charge in [0.1, 0.15) is 5.82 Å². The fourth-order valence-corrected chi connectivity index (χ4v) is 4.30. The van der Waals surface area contributed by atoms with Crippen molar-refractivity contribution >= 4 is 22.4 Å². The molecule has 0 amide bonds. The maximum Gasteiger partial charge on any atom is 0.419 e. The number of rotatable bonds is 4. The van der Waals surface area contributed by atoms with E-state index in [1.807, 2.05) is 0 Å². The molecule has 0 bridgehead atoms. The van der Waals surface area contributed by atoms with E-state index in [1.165, 1.54) is 4.31 Å². The molecule has 1 saturated heterocycles. The van der Waals surface area contributed by atoms with Gasteiger partial charge >= 0.3 is 6.18 Å². The van der Waals surface area contributed by atoms with Gasteiger partial charge in [-0.25, -0.2) is 12.8 Å². The molecule has 2 rings (SSSR count). The Bertz CT molecular complexity index is 665. The smallest absolute Gasteiger partial charge is 0.319 e. The molecule has 0 spiro atoms. The van der Waals surface area contributed by atoms with E-state index in [4.69, 9.17) is 0 Å². The van der Waals surface area contributed by atoms with E-state index in [9.17, 15) is 26.0 Å². The molecule has 0 radical (unpaired) electrons.